The fourth-order valence-corrected chi connectivity index (χ4v) is 2.89. The van der Waals surface area contributed by atoms with E-state index in [0.717, 1.165) is 0 Å². The van der Waals surface area contributed by atoms with E-state index < -0.39 is 11.7 Å². The molecule has 4 nitrogen and oxygen atoms in total. The number of nitrogens with zero attached hydrogens (tertiary/aromatic N) is 1. The van der Waals surface area contributed by atoms with Crippen LogP contribution in [0.15, 0.2) is 18.2 Å². The highest BCUT2D eigenvalue weighted by Gasteiger charge is 2.32. The second-order valence-electron chi connectivity index (χ2n) is 6.98. The summed E-state index contributed by atoms with van der Waals surface area (Å²) >= 11 is 6.10. The molecule has 1 aliphatic rings. The molecule has 1 amide bonds. The van der Waals surface area contributed by atoms with Crippen molar-refractivity contribution in [2.75, 3.05) is 13.1 Å². The first-order chi connectivity index (χ1) is 10.7. The number of benzene rings is 1. The Labute approximate surface area is 141 Å². The molecule has 0 aromatic heterocycles. The van der Waals surface area contributed by atoms with Gasteiger partial charge in [-0.15, -0.1) is 0 Å². The summed E-state index contributed by atoms with van der Waals surface area (Å²) in [6.45, 7) is 6.25. The standard InChI is InChI=1S/C17H23ClFNO3/c1-17(2,3)23-16(22)20-7-6-15(21)12(10-20)8-11-9-13(19)4-5-14(11)18/h4-5,9,12,15,21H,6-8,10H2,1-3H3. The lowest BCUT2D eigenvalue weighted by Gasteiger charge is -2.37. The molecular formula is C17H23ClFNO3. The maximum Gasteiger partial charge on any atom is 0.410 e. The van der Waals surface area contributed by atoms with E-state index in [-0.39, 0.29) is 17.8 Å². The van der Waals surface area contributed by atoms with Crippen molar-refractivity contribution in [2.24, 2.45) is 5.92 Å². The van der Waals surface area contributed by atoms with E-state index in [0.29, 0.717) is 36.5 Å². The minimum Gasteiger partial charge on any atom is -0.444 e. The molecule has 1 N–H and O–H groups in total. The van der Waals surface area contributed by atoms with Crippen molar-refractivity contribution in [3.8, 4) is 0 Å². The highest BCUT2D eigenvalue weighted by Crippen LogP contribution is 2.26. The molecule has 1 aromatic rings. The summed E-state index contributed by atoms with van der Waals surface area (Å²) in [7, 11) is 0. The number of amides is 1. The molecule has 2 rings (SSSR count). The lowest BCUT2D eigenvalue weighted by Crippen LogP contribution is -2.48. The van der Waals surface area contributed by atoms with Crippen molar-refractivity contribution < 1.29 is 19.0 Å². The molecule has 0 aliphatic carbocycles. The fourth-order valence-electron chi connectivity index (χ4n) is 2.69. The predicted octanol–water partition coefficient (Wildman–Crippen LogP) is 3.64. The Bertz CT molecular complexity index is 573. The third-order valence-electron chi connectivity index (χ3n) is 3.84. The van der Waals surface area contributed by atoms with Gasteiger partial charge in [0.25, 0.3) is 0 Å². The molecule has 0 spiro atoms. The van der Waals surface area contributed by atoms with Gasteiger partial charge in [-0.05, 0) is 57.4 Å². The number of likely N-dealkylation sites (tertiary alicyclic amines) is 1. The minimum absolute atomic E-state index is 0.199. The van der Waals surface area contributed by atoms with Crippen LogP contribution in [0.25, 0.3) is 0 Å². The van der Waals surface area contributed by atoms with Gasteiger partial charge in [0.15, 0.2) is 0 Å². The molecule has 0 bridgehead atoms. The van der Waals surface area contributed by atoms with E-state index in [2.05, 4.69) is 0 Å². The number of carbonyl (C=O) groups is 1. The van der Waals surface area contributed by atoms with Crippen LogP contribution in [-0.2, 0) is 11.2 Å². The molecular weight excluding hydrogens is 321 g/mol. The smallest absolute Gasteiger partial charge is 0.410 e. The number of ether oxygens (including phenoxy) is 1. The van der Waals surface area contributed by atoms with Crippen LogP contribution in [0.5, 0.6) is 0 Å². The summed E-state index contributed by atoms with van der Waals surface area (Å²) in [5.74, 6) is -0.561. The quantitative estimate of drug-likeness (QED) is 0.892. The van der Waals surface area contributed by atoms with Crippen molar-refractivity contribution >= 4 is 17.7 Å². The SMILES string of the molecule is CC(C)(C)OC(=O)N1CCC(O)C(Cc2cc(F)ccc2Cl)C1. The van der Waals surface area contributed by atoms with Crippen LogP contribution in [0.2, 0.25) is 5.02 Å². The van der Waals surface area contributed by atoms with Crippen LogP contribution < -0.4 is 0 Å². The van der Waals surface area contributed by atoms with Gasteiger partial charge < -0.3 is 14.7 Å². The monoisotopic (exact) mass is 343 g/mol. The van der Waals surface area contributed by atoms with Crippen molar-refractivity contribution in [1.29, 1.82) is 0 Å². The van der Waals surface area contributed by atoms with Gasteiger partial charge in [0.05, 0.1) is 6.10 Å². The van der Waals surface area contributed by atoms with Crippen LogP contribution >= 0.6 is 11.6 Å². The highest BCUT2D eigenvalue weighted by molar-refractivity contribution is 6.31. The lowest BCUT2D eigenvalue weighted by atomic mass is 9.89. The van der Waals surface area contributed by atoms with Crippen LogP contribution in [0.1, 0.15) is 32.8 Å². The van der Waals surface area contributed by atoms with E-state index in [9.17, 15) is 14.3 Å². The van der Waals surface area contributed by atoms with E-state index in [1.807, 2.05) is 20.8 Å². The average Bonchev–Trinajstić information content (AvgIpc) is 2.43. The van der Waals surface area contributed by atoms with E-state index >= 15 is 0 Å². The zero-order valence-electron chi connectivity index (χ0n) is 13.7. The highest BCUT2D eigenvalue weighted by atomic mass is 35.5. The predicted molar refractivity (Wildman–Crippen MR) is 87.0 cm³/mol. The largest absolute Gasteiger partial charge is 0.444 e. The Kier molecular flexibility index (Phi) is 5.53. The molecule has 0 radical (unpaired) electrons. The Morgan fingerprint density at radius 3 is 2.83 bits per heavy atom. The van der Waals surface area contributed by atoms with Crippen LogP contribution in [0.4, 0.5) is 9.18 Å². The Morgan fingerprint density at radius 2 is 2.17 bits per heavy atom. The van der Waals surface area contributed by atoms with Gasteiger partial charge in [0, 0.05) is 24.0 Å². The number of halogens is 2. The van der Waals surface area contributed by atoms with Crippen LogP contribution in [0.3, 0.4) is 0 Å². The molecule has 6 heteroatoms. The molecule has 23 heavy (non-hydrogen) atoms. The number of piperidine rings is 1. The first-order valence-corrected chi connectivity index (χ1v) is 8.13. The van der Waals surface area contributed by atoms with Gasteiger partial charge in [-0.2, -0.15) is 0 Å². The van der Waals surface area contributed by atoms with E-state index in [1.54, 1.807) is 4.90 Å². The number of aliphatic hydroxyl groups excluding tert-OH is 1. The molecule has 1 heterocycles. The summed E-state index contributed by atoms with van der Waals surface area (Å²) in [6.07, 6.45) is -0.0544. The summed E-state index contributed by atoms with van der Waals surface area (Å²) < 4.78 is 18.8. The molecule has 2 unspecified atom stereocenters. The molecule has 0 saturated carbocycles. The second-order valence-corrected chi connectivity index (χ2v) is 7.39. The van der Waals surface area contributed by atoms with E-state index in [1.165, 1.54) is 18.2 Å². The maximum absolute atomic E-state index is 13.4. The van der Waals surface area contributed by atoms with Crippen LogP contribution in [0, 0.1) is 11.7 Å². The summed E-state index contributed by atoms with van der Waals surface area (Å²) in [5, 5.41) is 10.7. The van der Waals surface area contributed by atoms with Crippen molar-refractivity contribution in [3.63, 3.8) is 0 Å². The minimum atomic E-state index is -0.561. The third-order valence-corrected chi connectivity index (χ3v) is 4.20. The van der Waals surface area contributed by atoms with Gasteiger partial charge in [-0.25, -0.2) is 9.18 Å². The zero-order valence-corrected chi connectivity index (χ0v) is 14.4. The molecule has 1 saturated heterocycles. The normalized spacial score (nSPS) is 22.1. The third kappa shape index (κ3) is 5.08. The lowest BCUT2D eigenvalue weighted by molar-refractivity contribution is -0.00824. The topological polar surface area (TPSA) is 49.8 Å². The number of hydrogen-bond donors (Lipinski definition) is 1. The Balaban J connectivity index is 2.06. The maximum atomic E-state index is 13.4. The second kappa shape index (κ2) is 7.05. The molecule has 1 aliphatic heterocycles. The van der Waals surface area contributed by atoms with Gasteiger partial charge in [-0.3, -0.25) is 0 Å². The van der Waals surface area contributed by atoms with Crippen molar-refractivity contribution in [3.05, 3.63) is 34.6 Å². The van der Waals surface area contributed by atoms with Gasteiger partial charge in [-0.1, -0.05) is 11.6 Å². The average molecular weight is 344 g/mol. The summed E-state index contributed by atoms with van der Waals surface area (Å²) in [4.78, 5) is 13.8. The van der Waals surface area contributed by atoms with Crippen molar-refractivity contribution in [2.45, 2.75) is 45.3 Å². The first kappa shape index (κ1) is 18.0. The molecule has 1 fully saturated rings. The Morgan fingerprint density at radius 1 is 1.48 bits per heavy atom. The summed E-state index contributed by atoms with van der Waals surface area (Å²) in [5.41, 5.74) is 0.0795. The summed E-state index contributed by atoms with van der Waals surface area (Å²) in [6, 6.07) is 4.19. The van der Waals surface area contributed by atoms with Gasteiger partial charge >= 0.3 is 6.09 Å². The first-order valence-electron chi connectivity index (χ1n) is 7.75. The number of carbonyl (C=O) groups excluding carboxylic acids is 1. The fraction of sp³-hybridized carbons (Fsp3) is 0.588. The Hall–Kier alpha value is -1.33. The van der Waals surface area contributed by atoms with Gasteiger partial charge in [0.2, 0.25) is 0 Å². The number of hydrogen-bond acceptors (Lipinski definition) is 3. The van der Waals surface area contributed by atoms with Gasteiger partial charge in [0.1, 0.15) is 11.4 Å². The van der Waals surface area contributed by atoms with Crippen molar-refractivity contribution in [1.82, 2.24) is 4.90 Å². The number of rotatable bonds is 2. The molecule has 2 atom stereocenters. The number of aliphatic hydroxyl groups is 1. The van der Waals surface area contributed by atoms with E-state index in [4.69, 9.17) is 16.3 Å². The molecule has 1 aromatic carbocycles. The zero-order chi connectivity index (χ0) is 17.2. The molecule has 128 valence electrons. The van der Waals surface area contributed by atoms with Crippen LogP contribution in [-0.4, -0.2) is 40.9 Å².